The summed E-state index contributed by atoms with van der Waals surface area (Å²) in [7, 11) is 1.59. The van der Waals surface area contributed by atoms with Gasteiger partial charge in [0.05, 0.1) is 12.8 Å². The zero-order chi connectivity index (χ0) is 21.1. The van der Waals surface area contributed by atoms with Crippen molar-refractivity contribution < 1.29 is 23.6 Å². The molecule has 1 unspecified atom stereocenters. The van der Waals surface area contributed by atoms with Gasteiger partial charge in [0.15, 0.2) is 6.10 Å². The summed E-state index contributed by atoms with van der Waals surface area (Å²) in [5.74, 6) is 1.61. The Kier molecular flexibility index (Phi) is 5.34. The zero-order valence-corrected chi connectivity index (χ0v) is 16.5. The lowest BCUT2D eigenvalue weighted by Crippen LogP contribution is -2.34. The number of amides is 2. The molecule has 1 aliphatic rings. The quantitative estimate of drug-likeness (QED) is 0.644. The van der Waals surface area contributed by atoms with Gasteiger partial charge in [0.25, 0.3) is 5.91 Å². The molecule has 1 aliphatic heterocycles. The van der Waals surface area contributed by atoms with Gasteiger partial charge in [-0.05, 0) is 37.3 Å². The SMILES string of the molecule is COc1cccc(-c2noc(CCC(=O)Nc3ccc4c(c3)NC(=O)C(C)O4)n2)c1. The Morgan fingerprint density at radius 2 is 2.13 bits per heavy atom. The number of hydrogen-bond acceptors (Lipinski definition) is 7. The molecular formula is C21H20N4O5. The van der Waals surface area contributed by atoms with Crippen LogP contribution < -0.4 is 20.1 Å². The lowest BCUT2D eigenvalue weighted by atomic mass is 10.2. The summed E-state index contributed by atoms with van der Waals surface area (Å²) in [6, 6.07) is 12.4. The summed E-state index contributed by atoms with van der Waals surface area (Å²) in [5, 5.41) is 9.50. The van der Waals surface area contributed by atoms with Crippen molar-refractivity contribution >= 4 is 23.2 Å². The molecule has 2 heterocycles. The number of ether oxygens (including phenoxy) is 2. The van der Waals surface area contributed by atoms with Gasteiger partial charge in [-0.3, -0.25) is 9.59 Å². The van der Waals surface area contributed by atoms with Crippen LogP contribution >= 0.6 is 0 Å². The fraction of sp³-hybridized carbons (Fsp3) is 0.238. The Bertz CT molecular complexity index is 1090. The number of carbonyl (C=O) groups is 2. The number of nitrogens with zero attached hydrogens (tertiary/aromatic N) is 2. The number of rotatable bonds is 6. The van der Waals surface area contributed by atoms with E-state index in [0.717, 1.165) is 5.56 Å². The van der Waals surface area contributed by atoms with E-state index in [1.54, 1.807) is 38.3 Å². The lowest BCUT2D eigenvalue weighted by Gasteiger charge is -2.23. The van der Waals surface area contributed by atoms with Crippen molar-refractivity contribution in [2.45, 2.75) is 25.9 Å². The highest BCUT2D eigenvalue weighted by Gasteiger charge is 2.23. The minimum atomic E-state index is -0.547. The first kappa shape index (κ1) is 19.4. The topological polar surface area (TPSA) is 116 Å². The molecule has 0 radical (unpaired) electrons. The highest BCUT2D eigenvalue weighted by molar-refractivity contribution is 5.99. The number of carbonyl (C=O) groups excluding carboxylic acids is 2. The van der Waals surface area contributed by atoms with E-state index >= 15 is 0 Å². The van der Waals surface area contributed by atoms with Crippen LogP contribution in [0.3, 0.4) is 0 Å². The Labute approximate surface area is 172 Å². The van der Waals surface area contributed by atoms with Gasteiger partial charge in [-0.2, -0.15) is 4.98 Å². The highest BCUT2D eigenvalue weighted by atomic mass is 16.5. The summed E-state index contributed by atoms with van der Waals surface area (Å²) >= 11 is 0. The molecule has 1 aromatic heterocycles. The lowest BCUT2D eigenvalue weighted by molar-refractivity contribution is -0.122. The largest absolute Gasteiger partial charge is 0.497 e. The van der Waals surface area contributed by atoms with E-state index in [0.29, 0.717) is 41.0 Å². The molecule has 0 saturated carbocycles. The number of fused-ring (bicyclic) bond motifs is 1. The summed E-state index contributed by atoms with van der Waals surface area (Å²) in [6.07, 6.45) is -0.0869. The second-order valence-electron chi connectivity index (χ2n) is 6.75. The van der Waals surface area contributed by atoms with Gasteiger partial charge < -0.3 is 24.6 Å². The first-order chi connectivity index (χ1) is 14.5. The van der Waals surface area contributed by atoms with Gasteiger partial charge in [-0.25, -0.2) is 0 Å². The summed E-state index contributed by atoms with van der Waals surface area (Å²) in [6.45, 7) is 1.67. The third kappa shape index (κ3) is 4.24. The highest BCUT2D eigenvalue weighted by Crippen LogP contribution is 2.32. The van der Waals surface area contributed by atoms with Crippen LogP contribution in [-0.2, 0) is 16.0 Å². The Morgan fingerprint density at radius 3 is 2.97 bits per heavy atom. The van der Waals surface area contributed by atoms with Gasteiger partial charge in [0.1, 0.15) is 11.5 Å². The van der Waals surface area contributed by atoms with Crippen LogP contribution in [0.15, 0.2) is 47.0 Å². The second-order valence-corrected chi connectivity index (χ2v) is 6.75. The van der Waals surface area contributed by atoms with Gasteiger partial charge in [0.2, 0.25) is 17.6 Å². The Morgan fingerprint density at radius 1 is 1.27 bits per heavy atom. The first-order valence-electron chi connectivity index (χ1n) is 9.40. The molecule has 154 valence electrons. The molecule has 0 fully saturated rings. The average molecular weight is 408 g/mol. The number of methoxy groups -OCH3 is 1. The molecule has 2 amide bonds. The van der Waals surface area contributed by atoms with Crippen LogP contribution in [0, 0.1) is 0 Å². The van der Waals surface area contributed by atoms with Crippen LogP contribution in [0.1, 0.15) is 19.2 Å². The fourth-order valence-corrected chi connectivity index (χ4v) is 2.97. The number of benzene rings is 2. The average Bonchev–Trinajstić information content (AvgIpc) is 3.22. The molecule has 3 aromatic rings. The van der Waals surface area contributed by atoms with Gasteiger partial charge >= 0.3 is 0 Å². The van der Waals surface area contributed by atoms with E-state index in [2.05, 4.69) is 20.8 Å². The van der Waals surface area contributed by atoms with Crippen molar-refractivity contribution in [3.8, 4) is 22.9 Å². The van der Waals surface area contributed by atoms with E-state index in [1.807, 2.05) is 18.2 Å². The minimum absolute atomic E-state index is 0.163. The van der Waals surface area contributed by atoms with Crippen LogP contribution in [0.4, 0.5) is 11.4 Å². The summed E-state index contributed by atoms with van der Waals surface area (Å²) < 4.78 is 15.9. The molecule has 4 rings (SSSR count). The normalized spacial score (nSPS) is 15.0. The third-order valence-electron chi connectivity index (χ3n) is 4.56. The van der Waals surface area contributed by atoms with E-state index in [9.17, 15) is 9.59 Å². The molecule has 0 aliphatic carbocycles. The van der Waals surface area contributed by atoms with Gasteiger partial charge in [0, 0.05) is 24.1 Å². The van der Waals surface area contributed by atoms with Crippen LogP contribution in [0.25, 0.3) is 11.4 Å². The van der Waals surface area contributed by atoms with E-state index in [4.69, 9.17) is 14.0 Å². The molecule has 2 N–H and O–H groups in total. The number of anilines is 2. The van der Waals surface area contributed by atoms with E-state index in [1.165, 1.54) is 0 Å². The molecule has 1 atom stereocenters. The van der Waals surface area contributed by atoms with Crippen LogP contribution in [0.5, 0.6) is 11.5 Å². The monoisotopic (exact) mass is 408 g/mol. The van der Waals surface area contributed by atoms with Crippen molar-refractivity contribution in [1.82, 2.24) is 10.1 Å². The Hall–Kier alpha value is -3.88. The van der Waals surface area contributed by atoms with Crippen molar-refractivity contribution in [3.63, 3.8) is 0 Å². The summed E-state index contributed by atoms with van der Waals surface area (Å²) in [4.78, 5) is 28.4. The molecule has 0 saturated heterocycles. The second kappa shape index (κ2) is 8.24. The molecule has 0 spiro atoms. The minimum Gasteiger partial charge on any atom is -0.497 e. The maximum Gasteiger partial charge on any atom is 0.265 e. The maximum absolute atomic E-state index is 12.3. The first-order valence-corrected chi connectivity index (χ1v) is 9.40. The summed E-state index contributed by atoms with van der Waals surface area (Å²) in [5.41, 5.74) is 1.84. The van der Waals surface area contributed by atoms with Gasteiger partial charge in [-0.15, -0.1) is 0 Å². The fourth-order valence-electron chi connectivity index (χ4n) is 2.97. The number of aromatic nitrogens is 2. The van der Waals surface area contributed by atoms with Gasteiger partial charge in [-0.1, -0.05) is 17.3 Å². The number of nitrogens with one attached hydrogen (secondary N) is 2. The maximum atomic E-state index is 12.3. The molecule has 9 nitrogen and oxygen atoms in total. The zero-order valence-electron chi connectivity index (χ0n) is 16.5. The van der Waals surface area contributed by atoms with Crippen molar-refractivity contribution in [2.75, 3.05) is 17.7 Å². The molecular weight excluding hydrogens is 388 g/mol. The van der Waals surface area contributed by atoms with Crippen molar-refractivity contribution in [3.05, 3.63) is 48.4 Å². The van der Waals surface area contributed by atoms with Crippen molar-refractivity contribution in [2.24, 2.45) is 0 Å². The number of hydrogen-bond donors (Lipinski definition) is 2. The molecule has 0 bridgehead atoms. The smallest absolute Gasteiger partial charge is 0.265 e. The van der Waals surface area contributed by atoms with Crippen molar-refractivity contribution in [1.29, 1.82) is 0 Å². The Balaban J connectivity index is 1.35. The third-order valence-corrected chi connectivity index (χ3v) is 4.56. The predicted octanol–water partition coefficient (Wildman–Crippen LogP) is 3.04. The van der Waals surface area contributed by atoms with E-state index < -0.39 is 6.10 Å². The van der Waals surface area contributed by atoms with Crippen LogP contribution in [0.2, 0.25) is 0 Å². The molecule has 30 heavy (non-hydrogen) atoms. The molecule has 2 aromatic carbocycles. The predicted molar refractivity (Wildman–Crippen MR) is 108 cm³/mol. The number of aryl methyl sites for hydroxylation is 1. The molecule has 9 heteroatoms. The van der Waals surface area contributed by atoms with E-state index in [-0.39, 0.29) is 18.2 Å². The van der Waals surface area contributed by atoms with Crippen LogP contribution in [-0.4, -0.2) is 35.2 Å². The standard InChI is InChI=1S/C21H20N4O5/c1-12-21(27)23-16-11-14(6-7-17(16)29-12)22-18(26)8-9-19-24-20(25-30-19)13-4-3-5-15(10-13)28-2/h3-7,10-12H,8-9H2,1-2H3,(H,22,26)(H,23,27).